The van der Waals surface area contributed by atoms with Crippen LogP contribution in [0.2, 0.25) is 0 Å². The molecule has 0 bridgehead atoms. The molecule has 37 heavy (non-hydrogen) atoms. The summed E-state index contributed by atoms with van der Waals surface area (Å²) >= 11 is 0. The van der Waals surface area contributed by atoms with Crippen molar-refractivity contribution in [1.82, 2.24) is 10.2 Å². The Hall–Kier alpha value is -4.13. The molecule has 0 aliphatic rings. The van der Waals surface area contributed by atoms with Crippen molar-refractivity contribution in [2.75, 3.05) is 13.1 Å². The van der Waals surface area contributed by atoms with Crippen LogP contribution in [0.4, 0.5) is 4.79 Å². The lowest BCUT2D eigenvalue weighted by molar-refractivity contribution is -0.145. The first-order valence-electron chi connectivity index (χ1n) is 12.4. The van der Waals surface area contributed by atoms with Crippen molar-refractivity contribution >= 4 is 18.0 Å². The van der Waals surface area contributed by atoms with Crippen molar-refractivity contribution in [3.05, 3.63) is 96.1 Å². The SMILES string of the molecule is CC(C)CN(CCC(=O)OCc1ccccc1)C(=O)N[C@@H](Cc1cccc(-c2ccccc2)c1)C(=O)O. The Labute approximate surface area is 218 Å². The van der Waals surface area contributed by atoms with E-state index in [-0.39, 0.29) is 31.9 Å². The second-order valence-electron chi connectivity index (χ2n) is 9.35. The van der Waals surface area contributed by atoms with Crippen LogP contribution in [0.5, 0.6) is 0 Å². The highest BCUT2D eigenvalue weighted by Crippen LogP contribution is 2.21. The molecule has 194 valence electrons. The molecule has 2 N–H and O–H groups in total. The largest absolute Gasteiger partial charge is 0.480 e. The number of esters is 1. The molecular formula is C30H34N2O5. The van der Waals surface area contributed by atoms with E-state index in [4.69, 9.17) is 4.74 Å². The molecule has 1 atom stereocenters. The lowest BCUT2D eigenvalue weighted by Crippen LogP contribution is -2.50. The van der Waals surface area contributed by atoms with E-state index in [1.54, 1.807) is 0 Å². The zero-order chi connectivity index (χ0) is 26.6. The Kier molecular flexibility index (Phi) is 10.3. The Morgan fingerprint density at radius 1 is 0.865 bits per heavy atom. The van der Waals surface area contributed by atoms with Gasteiger partial charge in [-0.15, -0.1) is 0 Å². The highest BCUT2D eigenvalue weighted by atomic mass is 16.5. The van der Waals surface area contributed by atoms with Crippen molar-refractivity contribution in [2.24, 2.45) is 5.92 Å². The van der Waals surface area contributed by atoms with E-state index in [0.29, 0.717) is 6.54 Å². The Balaban J connectivity index is 1.61. The number of nitrogens with one attached hydrogen (secondary N) is 1. The first-order valence-corrected chi connectivity index (χ1v) is 12.4. The molecule has 0 spiro atoms. The average molecular weight is 503 g/mol. The standard InChI is InChI=1S/C30H34N2O5/c1-22(2)20-32(17-16-28(33)37-21-23-10-5-3-6-11-23)30(36)31-27(29(34)35)19-24-12-9-15-26(18-24)25-13-7-4-8-14-25/h3-15,18,22,27H,16-17,19-21H2,1-2H3,(H,31,36)(H,34,35)/t27-/m0/s1. The molecule has 7 heteroatoms. The van der Waals surface area contributed by atoms with Crippen molar-refractivity contribution in [1.29, 1.82) is 0 Å². The summed E-state index contributed by atoms with van der Waals surface area (Å²) in [6.07, 6.45) is 0.153. The molecule has 0 saturated heterocycles. The number of nitrogens with zero attached hydrogens (tertiary/aromatic N) is 1. The number of benzene rings is 3. The number of carbonyl (C=O) groups excluding carboxylic acids is 2. The van der Waals surface area contributed by atoms with Crippen LogP contribution < -0.4 is 5.32 Å². The highest BCUT2D eigenvalue weighted by Gasteiger charge is 2.25. The number of ether oxygens (including phenoxy) is 1. The molecule has 0 aliphatic heterocycles. The molecule has 0 fully saturated rings. The van der Waals surface area contributed by atoms with Crippen LogP contribution in [0.15, 0.2) is 84.9 Å². The van der Waals surface area contributed by atoms with Gasteiger partial charge in [-0.2, -0.15) is 0 Å². The molecule has 2 amide bonds. The maximum absolute atomic E-state index is 13.1. The average Bonchev–Trinajstić information content (AvgIpc) is 2.90. The molecule has 7 nitrogen and oxygen atoms in total. The monoisotopic (exact) mass is 502 g/mol. The highest BCUT2D eigenvalue weighted by molar-refractivity contribution is 5.83. The number of aliphatic carboxylic acids is 1. The summed E-state index contributed by atoms with van der Waals surface area (Å²) in [5, 5.41) is 12.5. The maximum Gasteiger partial charge on any atom is 0.326 e. The number of rotatable bonds is 12. The van der Waals surface area contributed by atoms with E-state index >= 15 is 0 Å². The van der Waals surface area contributed by atoms with Gasteiger partial charge in [0.25, 0.3) is 0 Å². The molecule has 0 heterocycles. The summed E-state index contributed by atoms with van der Waals surface area (Å²) in [7, 11) is 0. The Morgan fingerprint density at radius 3 is 2.14 bits per heavy atom. The van der Waals surface area contributed by atoms with E-state index in [0.717, 1.165) is 22.3 Å². The molecule has 3 rings (SSSR count). The summed E-state index contributed by atoms with van der Waals surface area (Å²) in [6, 6.07) is 25.2. The van der Waals surface area contributed by atoms with Crippen molar-refractivity contribution in [3.8, 4) is 11.1 Å². The summed E-state index contributed by atoms with van der Waals surface area (Å²) in [5.74, 6) is -1.40. The van der Waals surface area contributed by atoms with Gasteiger partial charge in [0.1, 0.15) is 12.6 Å². The summed E-state index contributed by atoms with van der Waals surface area (Å²) in [6.45, 7) is 4.59. The van der Waals surface area contributed by atoms with E-state index in [9.17, 15) is 19.5 Å². The lowest BCUT2D eigenvalue weighted by atomic mass is 9.99. The number of hydrogen-bond acceptors (Lipinski definition) is 4. The molecule has 3 aromatic rings. The fourth-order valence-electron chi connectivity index (χ4n) is 3.94. The molecule has 3 aromatic carbocycles. The molecule has 0 saturated carbocycles. The van der Waals surface area contributed by atoms with Crippen LogP contribution >= 0.6 is 0 Å². The second-order valence-corrected chi connectivity index (χ2v) is 9.35. The fourth-order valence-corrected chi connectivity index (χ4v) is 3.94. The number of urea groups is 1. The summed E-state index contributed by atoms with van der Waals surface area (Å²) in [5.41, 5.74) is 3.69. The van der Waals surface area contributed by atoms with Gasteiger partial charge in [0.05, 0.1) is 6.42 Å². The first-order chi connectivity index (χ1) is 17.8. The van der Waals surface area contributed by atoms with Gasteiger partial charge in [-0.3, -0.25) is 4.79 Å². The second kappa shape index (κ2) is 13.8. The minimum atomic E-state index is -1.12. The number of carboxylic acid groups (broad SMARTS) is 1. The number of hydrogen-bond donors (Lipinski definition) is 2. The quantitative estimate of drug-likeness (QED) is 0.334. The van der Waals surface area contributed by atoms with Crippen LogP contribution in [0.1, 0.15) is 31.4 Å². The Morgan fingerprint density at radius 2 is 1.49 bits per heavy atom. The molecule has 0 aromatic heterocycles. The fraction of sp³-hybridized carbons (Fsp3) is 0.300. The minimum absolute atomic E-state index is 0.0177. The van der Waals surface area contributed by atoms with Crippen LogP contribution in [-0.4, -0.2) is 47.1 Å². The van der Waals surface area contributed by atoms with E-state index in [1.807, 2.05) is 98.8 Å². The van der Waals surface area contributed by atoms with Crippen LogP contribution in [0, 0.1) is 5.92 Å². The maximum atomic E-state index is 13.1. The predicted octanol–water partition coefficient (Wildman–Crippen LogP) is 5.15. The van der Waals surface area contributed by atoms with E-state index < -0.39 is 24.0 Å². The number of amides is 2. The van der Waals surface area contributed by atoms with Gasteiger partial charge in [0.2, 0.25) is 0 Å². The van der Waals surface area contributed by atoms with E-state index in [1.165, 1.54) is 4.90 Å². The topological polar surface area (TPSA) is 95.9 Å². The third-order valence-corrected chi connectivity index (χ3v) is 5.77. The third-order valence-electron chi connectivity index (χ3n) is 5.77. The predicted molar refractivity (Wildman–Crippen MR) is 143 cm³/mol. The van der Waals surface area contributed by atoms with Crippen LogP contribution in [0.25, 0.3) is 11.1 Å². The zero-order valence-corrected chi connectivity index (χ0v) is 21.3. The molecular weight excluding hydrogens is 468 g/mol. The van der Waals surface area contributed by atoms with Crippen LogP contribution in [0.3, 0.4) is 0 Å². The van der Waals surface area contributed by atoms with Crippen molar-refractivity contribution in [2.45, 2.75) is 39.3 Å². The van der Waals surface area contributed by atoms with Crippen molar-refractivity contribution < 1.29 is 24.2 Å². The molecule has 0 aliphatic carbocycles. The van der Waals surface area contributed by atoms with Gasteiger partial charge < -0.3 is 20.1 Å². The first kappa shape index (κ1) is 27.5. The van der Waals surface area contributed by atoms with Crippen LogP contribution in [-0.2, 0) is 27.4 Å². The normalized spacial score (nSPS) is 11.5. The van der Waals surface area contributed by atoms with Gasteiger partial charge in [0.15, 0.2) is 0 Å². The Bertz CT molecular complexity index is 1160. The summed E-state index contributed by atoms with van der Waals surface area (Å²) in [4.78, 5) is 38.8. The van der Waals surface area contributed by atoms with Gasteiger partial charge in [-0.05, 0) is 28.2 Å². The van der Waals surface area contributed by atoms with Gasteiger partial charge in [-0.1, -0.05) is 98.8 Å². The minimum Gasteiger partial charge on any atom is -0.480 e. The third kappa shape index (κ3) is 9.11. The van der Waals surface area contributed by atoms with Gasteiger partial charge in [0, 0.05) is 19.5 Å². The van der Waals surface area contributed by atoms with E-state index in [2.05, 4.69) is 5.32 Å². The van der Waals surface area contributed by atoms with Gasteiger partial charge >= 0.3 is 18.0 Å². The smallest absolute Gasteiger partial charge is 0.326 e. The number of carboxylic acids is 1. The lowest BCUT2D eigenvalue weighted by Gasteiger charge is -2.26. The van der Waals surface area contributed by atoms with Crippen molar-refractivity contribution in [3.63, 3.8) is 0 Å². The van der Waals surface area contributed by atoms with Gasteiger partial charge in [-0.25, -0.2) is 9.59 Å². The summed E-state index contributed by atoms with van der Waals surface area (Å²) < 4.78 is 5.32. The number of carbonyl (C=O) groups is 3. The zero-order valence-electron chi connectivity index (χ0n) is 21.3. The molecule has 0 radical (unpaired) electrons. The molecule has 0 unspecified atom stereocenters.